The zero-order chi connectivity index (χ0) is 23.8. The normalized spacial score (nSPS) is 10.9. The van der Waals surface area contributed by atoms with Gasteiger partial charge in [-0.2, -0.15) is 5.10 Å². The van der Waals surface area contributed by atoms with Crippen molar-refractivity contribution in [1.82, 2.24) is 9.78 Å². The lowest BCUT2D eigenvalue weighted by Gasteiger charge is -2.08. The van der Waals surface area contributed by atoms with Crippen molar-refractivity contribution in [2.45, 2.75) is 72.6 Å². The molecule has 5 nitrogen and oxygen atoms in total. The first-order valence-corrected chi connectivity index (χ1v) is 12.0. The summed E-state index contributed by atoms with van der Waals surface area (Å²) >= 11 is 0. The average molecular weight is 446 g/mol. The van der Waals surface area contributed by atoms with Crippen molar-refractivity contribution < 1.29 is 9.59 Å². The molecule has 0 spiro atoms. The molecule has 3 aromatic rings. The van der Waals surface area contributed by atoms with Crippen LogP contribution in [0.25, 0.3) is 0 Å². The lowest BCUT2D eigenvalue weighted by molar-refractivity contribution is 0.0941. The summed E-state index contributed by atoms with van der Waals surface area (Å²) in [5.74, 6) is -0.322. The number of carbonyl (C=O) groups is 2. The van der Waals surface area contributed by atoms with Gasteiger partial charge in [-0.1, -0.05) is 56.7 Å². The van der Waals surface area contributed by atoms with E-state index in [1.165, 1.54) is 42.3 Å². The number of aryl methyl sites for hydroxylation is 2. The third-order valence-corrected chi connectivity index (χ3v) is 6.08. The molecular weight excluding hydrogens is 410 g/mol. The van der Waals surface area contributed by atoms with E-state index in [1.54, 1.807) is 30.3 Å². The van der Waals surface area contributed by atoms with E-state index >= 15 is 0 Å². The number of hydrogen-bond donors (Lipinski definition) is 1. The quantitative estimate of drug-likeness (QED) is 0.355. The van der Waals surface area contributed by atoms with E-state index in [1.807, 2.05) is 39.0 Å². The number of carbonyl (C=O) groups excluding carboxylic acids is 2. The molecule has 0 saturated carbocycles. The van der Waals surface area contributed by atoms with Gasteiger partial charge in [0.1, 0.15) is 0 Å². The second kappa shape index (κ2) is 11.6. The minimum Gasteiger partial charge on any atom is -0.322 e. The molecule has 0 unspecified atom stereocenters. The lowest BCUT2D eigenvalue weighted by Crippen LogP contribution is -2.16. The summed E-state index contributed by atoms with van der Waals surface area (Å²) in [6.45, 7) is 8.14. The van der Waals surface area contributed by atoms with Crippen molar-refractivity contribution in [3.8, 4) is 0 Å². The zero-order valence-corrected chi connectivity index (χ0v) is 20.3. The van der Waals surface area contributed by atoms with Gasteiger partial charge in [0.25, 0.3) is 11.8 Å². The number of nitrogens with zero attached hydrogens (tertiary/aromatic N) is 2. The summed E-state index contributed by atoms with van der Waals surface area (Å²) in [4.78, 5) is 25.5. The first-order chi connectivity index (χ1) is 15.9. The Labute approximate surface area is 197 Å². The molecule has 33 heavy (non-hydrogen) atoms. The molecule has 0 fully saturated rings. The first kappa shape index (κ1) is 24.4. The molecule has 0 bridgehead atoms. The number of aromatic nitrogens is 2. The molecule has 1 amide bonds. The average Bonchev–Trinajstić information content (AvgIpc) is 3.09. The summed E-state index contributed by atoms with van der Waals surface area (Å²) in [6, 6.07) is 14.4. The van der Waals surface area contributed by atoms with E-state index in [-0.39, 0.29) is 11.8 Å². The molecule has 0 aliphatic carbocycles. The van der Waals surface area contributed by atoms with E-state index in [9.17, 15) is 9.59 Å². The van der Waals surface area contributed by atoms with Crippen molar-refractivity contribution in [1.29, 1.82) is 0 Å². The summed E-state index contributed by atoms with van der Waals surface area (Å²) in [6.07, 6.45) is 8.43. The predicted octanol–water partition coefficient (Wildman–Crippen LogP) is 6.65. The second-order valence-corrected chi connectivity index (χ2v) is 8.79. The highest BCUT2D eigenvalue weighted by molar-refractivity contribution is 6.04. The maximum Gasteiger partial charge on any atom is 0.278 e. The molecular formula is C28H35N3O2. The van der Waals surface area contributed by atoms with Gasteiger partial charge in [-0.05, 0) is 75.6 Å². The van der Waals surface area contributed by atoms with Crippen LogP contribution in [0, 0.1) is 20.8 Å². The summed E-state index contributed by atoms with van der Waals surface area (Å²) in [5, 5.41) is 7.42. The Morgan fingerprint density at radius 1 is 0.879 bits per heavy atom. The number of nitrogens with one attached hydrogen (secondary N) is 1. The molecule has 2 aromatic carbocycles. The third kappa shape index (κ3) is 6.41. The Kier molecular flexibility index (Phi) is 8.58. The molecule has 0 saturated heterocycles. The number of amides is 1. The summed E-state index contributed by atoms with van der Waals surface area (Å²) in [5.41, 5.74) is 5.86. The van der Waals surface area contributed by atoms with Crippen LogP contribution in [0.15, 0.2) is 48.5 Å². The van der Waals surface area contributed by atoms with Gasteiger partial charge in [0.05, 0.1) is 5.69 Å². The Morgan fingerprint density at radius 2 is 1.58 bits per heavy atom. The van der Waals surface area contributed by atoms with Crippen LogP contribution in [-0.2, 0) is 6.42 Å². The largest absolute Gasteiger partial charge is 0.322 e. The molecule has 0 aliphatic rings. The van der Waals surface area contributed by atoms with Crippen molar-refractivity contribution in [3.63, 3.8) is 0 Å². The standard InChI is InChI=1S/C28H35N3O2/c1-5-6-7-8-9-10-14-26-21(3)30-31(22(26)4)28(33)23-15-17-25(18-16-23)29-27(32)24-13-11-12-20(2)19-24/h11-13,15-19H,5-10,14H2,1-4H3,(H,29,32). The van der Waals surface area contributed by atoms with E-state index in [0.29, 0.717) is 16.8 Å². The highest BCUT2D eigenvalue weighted by Crippen LogP contribution is 2.19. The molecule has 0 radical (unpaired) electrons. The molecule has 1 N–H and O–H groups in total. The van der Waals surface area contributed by atoms with E-state index < -0.39 is 0 Å². The Balaban J connectivity index is 1.63. The molecule has 0 aliphatic heterocycles. The van der Waals surface area contributed by atoms with Crippen molar-refractivity contribution in [2.24, 2.45) is 0 Å². The summed E-state index contributed by atoms with van der Waals surface area (Å²) in [7, 11) is 0. The van der Waals surface area contributed by atoms with Gasteiger partial charge >= 0.3 is 0 Å². The highest BCUT2D eigenvalue weighted by Gasteiger charge is 2.18. The number of anilines is 1. The van der Waals surface area contributed by atoms with E-state index in [0.717, 1.165) is 29.8 Å². The number of rotatable bonds is 10. The van der Waals surface area contributed by atoms with Gasteiger partial charge in [0.15, 0.2) is 0 Å². The summed E-state index contributed by atoms with van der Waals surface area (Å²) < 4.78 is 1.52. The zero-order valence-electron chi connectivity index (χ0n) is 20.3. The minimum absolute atomic E-state index is 0.152. The highest BCUT2D eigenvalue weighted by atomic mass is 16.2. The second-order valence-electron chi connectivity index (χ2n) is 8.79. The Bertz CT molecular complexity index is 1100. The van der Waals surface area contributed by atoms with Crippen LogP contribution in [0.2, 0.25) is 0 Å². The molecule has 1 aromatic heterocycles. The minimum atomic E-state index is -0.171. The van der Waals surface area contributed by atoms with Crippen molar-refractivity contribution in [2.75, 3.05) is 5.32 Å². The molecule has 0 atom stereocenters. The van der Waals surface area contributed by atoms with Crippen LogP contribution in [0.3, 0.4) is 0 Å². The first-order valence-electron chi connectivity index (χ1n) is 12.0. The van der Waals surface area contributed by atoms with Crippen LogP contribution >= 0.6 is 0 Å². The topological polar surface area (TPSA) is 64.0 Å². The van der Waals surface area contributed by atoms with Crippen LogP contribution in [0.5, 0.6) is 0 Å². The Hall–Kier alpha value is -3.21. The molecule has 3 rings (SSSR count). The van der Waals surface area contributed by atoms with Crippen LogP contribution < -0.4 is 5.32 Å². The maximum absolute atomic E-state index is 13.1. The SMILES string of the molecule is CCCCCCCCc1c(C)nn(C(=O)c2ccc(NC(=O)c3cccc(C)c3)cc2)c1C. The van der Waals surface area contributed by atoms with Crippen molar-refractivity contribution >= 4 is 17.5 Å². The van der Waals surface area contributed by atoms with Gasteiger partial charge in [-0.3, -0.25) is 9.59 Å². The van der Waals surface area contributed by atoms with E-state index in [2.05, 4.69) is 17.3 Å². The molecule has 1 heterocycles. The fourth-order valence-electron chi connectivity index (χ4n) is 4.12. The monoisotopic (exact) mass is 445 g/mol. The van der Waals surface area contributed by atoms with Crippen LogP contribution in [0.1, 0.15) is 88.7 Å². The van der Waals surface area contributed by atoms with Gasteiger partial charge in [0, 0.05) is 22.5 Å². The van der Waals surface area contributed by atoms with Crippen molar-refractivity contribution in [3.05, 3.63) is 82.2 Å². The third-order valence-electron chi connectivity index (χ3n) is 6.08. The number of benzene rings is 2. The smallest absolute Gasteiger partial charge is 0.278 e. The van der Waals surface area contributed by atoms with Gasteiger partial charge < -0.3 is 5.32 Å². The maximum atomic E-state index is 13.1. The predicted molar refractivity (Wildman–Crippen MR) is 134 cm³/mol. The van der Waals surface area contributed by atoms with E-state index in [4.69, 9.17) is 0 Å². The number of hydrogen-bond acceptors (Lipinski definition) is 3. The molecule has 174 valence electrons. The van der Waals surface area contributed by atoms with Crippen LogP contribution in [-0.4, -0.2) is 21.6 Å². The van der Waals surface area contributed by atoms with Gasteiger partial charge in [0.2, 0.25) is 0 Å². The fourth-order valence-corrected chi connectivity index (χ4v) is 4.12. The Morgan fingerprint density at radius 3 is 2.27 bits per heavy atom. The lowest BCUT2D eigenvalue weighted by atomic mass is 10.0. The number of unbranched alkanes of at least 4 members (excludes halogenated alkanes) is 5. The van der Waals surface area contributed by atoms with Gasteiger partial charge in [-0.15, -0.1) is 0 Å². The fraction of sp³-hybridized carbons (Fsp3) is 0.393. The van der Waals surface area contributed by atoms with Crippen LogP contribution in [0.4, 0.5) is 5.69 Å². The molecule has 5 heteroatoms. The van der Waals surface area contributed by atoms with Gasteiger partial charge in [-0.25, -0.2) is 4.68 Å².